The highest BCUT2D eigenvalue weighted by molar-refractivity contribution is 6.45. The number of benzene rings is 1. The van der Waals surface area contributed by atoms with E-state index in [0.717, 1.165) is 22.8 Å². The molecule has 0 radical (unpaired) electrons. The first-order valence-electron chi connectivity index (χ1n) is 5.05. The molecular formula is C12H12Cl2N2. The number of rotatable bonds is 2. The summed E-state index contributed by atoms with van der Waals surface area (Å²) in [6.45, 7) is 1.96. The molecule has 1 aromatic carbocycles. The van der Waals surface area contributed by atoms with E-state index >= 15 is 0 Å². The Morgan fingerprint density at radius 1 is 1.38 bits per heavy atom. The molecule has 1 aromatic heterocycles. The van der Waals surface area contributed by atoms with E-state index < -0.39 is 0 Å². The Kier molecular flexibility index (Phi) is 3.33. The van der Waals surface area contributed by atoms with Gasteiger partial charge in [-0.1, -0.05) is 23.2 Å². The Labute approximate surface area is 104 Å². The number of halogens is 2. The first kappa shape index (κ1) is 11.6. The summed E-state index contributed by atoms with van der Waals surface area (Å²) in [5.74, 6) is 0. The number of pyridine rings is 1. The van der Waals surface area contributed by atoms with E-state index in [0.29, 0.717) is 10.0 Å². The minimum atomic E-state index is 0.0839. The van der Waals surface area contributed by atoms with Crippen LogP contribution in [0.2, 0.25) is 10.0 Å². The number of nitrogens with zero attached hydrogens (tertiary/aromatic N) is 1. The van der Waals surface area contributed by atoms with Crippen LogP contribution in [0.25, 0.3) is 10.8 Å². The van der Waals surface area contributed by atoms with Crippen molar-refractivity contribution in [1.29, 1.82) is 0 Å². The van der Waals surface area contributed by atoms with Crippen molar-refractivity contribution in [2.75, 3.05) is 0 Å². The molecule has 2 N–H and O–H groups in total. The van der Waals surface area contributed by atoms with Crippen molar-refractivity contribution in [3.05, 3.63) is 40.1 Å². The molecule has 1 unspecified atom stereocenters. The fraction of sp³-hybridized carbons (Fsp3) is 0.250. The smallest absolute Gasteiger partial charge is 0.0671 e. The second-order valence-corrected chi connectivity index (χ2v) is 4.72. The lowest BCUT2D eigenvalue weighted by Crippen LogP contribution is -2.18. The minimum Gasteiger partial charge on any atom is -0.328 e. The molecule has 0 spiro atoms. The number of nitrogens with two attached hydrogens (primary N) is 1. The molecule has 0 saturated carbocycles. The van der Waals surface area contributed by atoms with Gasteiger partial charge < -0.3 is 5.73 Å². The molecule has 2 nitrogen and oxygen atoms in total. The van der Waals surface area contributed by atoms with Gasteiger partial charge in [-0.15, -0.1) is 0 Å². The van der Waals surface area contributed by atoms with E-state index in [1.165, 1.54) is 0 Å². The molecule has 0 amide bonds. The fourth-order valence-electron chi connectivity index (χ4n) is 1.78. The molecule has 0 aliphatic carbocycles. The number of fused-ring (bicyclic) bond motifs is 1. The third-order valence-corrected chi connectivity index (χ3v) is 3.26. The maximum absolute atomic E-state index is 6.14. The van der Waals surface area contributed by atoms with Crippen molar-refractivity contribution in [2.24, 2.45) is 5.73 Å². The van der Waals surface area contributed by atoms with Gasteiger partial charge in [0.05, 0.1) is 10.0 Å². The van der Waals surface area contributed by atoms with Gasteiger partial charge in [0.1, 0.15) is 0 Å². The van der Waals surface area contributed by atoms with E-state index in [1.807, 2.05) is 19.1 Å². The van der Waals surface area contributed by atoms with Gasteiger partial charge in [-0.05, 0) is 31.0 Å². The number of hydrogen-bond acceptors (Lipinski definition) is 2. The summed E-state index contributed by atoms with van der Waals surface area (Å²) in [4.78, 5) is 4.11. The molecule has 1 heterocycles. The van der Waals surface area contributed by atoms with E-state index in [1.54, 1.807) is 12.4 Å². The number of hydrogen-bond donors (Lipinski definition) is 1. The average molecular weight is 255 g/mol. The lowest BCUT2D eigenvalue weighted by Gasteiger charge is -2.11. The molecule has 0 saturated heterocycles. The highest BCUT2D eigenvalue weighted by atomic mass is 35.5. The van der Waals surface area contributed by atoms with Gasteiger partial charge >= 0.3 is 0 Å². The second kappa shape index (κ2) is 4.58. The highest BCUT2D eigenvalue weighted by Crippen LogP contribution is 2.33. The van der Waals surface area contributed by atoms with Crippen molar-refractivity contribution in [2.45, 2.75) is 19.4 Å². The van der Waals surface area contributed by atoms with Crippen molar-refractivity contribution in [3.8, 4) is 0 Å². The summed E-state index contributed by atoms with van der Waals surface area (Å²) in [7, 11) is 0. The maximum atomic E-state index is 6.14. The molecule has 4 heteroatoms. The predicted octanol–water partition coefficient (Wildman–Crippen LogP) is 3.43. The maximum Gasteiger partial charge on any atom is 0.0671 e. The Morgan fingerprint density at radius 2 is 2.12 bits per heavy atom. The van der Waals surface area contributed by atoms with Crippen LogP contribution in [0.1, 0.15) is 12.5 Å². The van der Waals surface area contributed by atoms with Crippen molar-refractivity contribution < 1.29 is 0 Å². The van der Waals surface area contributed by atoms with Crippen LogP contribution in [0.3, 0.4) is 0 Å². The average Bonchev–Trinajstić information content (AvgIpc) is 2.25. The number of aromatic nitrogens is 1. The van der Waals surface area contributed by atoms with Crippen LogP contribution in [-0.2, 0) is 6.42 Å². The first-order valence-corrected chi connectivity index (χ1v) is 5.81. The van der Waals surface area contributed by atoms with E-state index in [4.69, 9.17) is 28.9 Å². The van der Waals surface area contributed by atoms with Crippen molar-refractivity contribution in [1.82, 2.24) is 4.98 Å². The van der Waals surface area contributed by atoms with Crippen LogP contribution in [-0.4, -0.2) is 11.0 Å². The predicted molar refractivity (Wildman–Crippen MR) is 69.1 cm³/mol. The Balaban J connectivity index is 2.69. The lowest BCUT2D eigenvalue weighted by molar-refractivity contribution is 0.741. The molecule has 0 aliphatic heterocycles. The van der Waals surface area contributed by atoms with Crippen LogP contribution in [0.15, 0.2) is 24.5 Å². The van der Waals surface area contributed by atoms with Crippen molar-refractivity contribution >= 4 is 34.0 Å². The fourth-order valence-corrected chi connectivity index (χ4v) is 2.23. The zero-order valence-electron chi connectivity index (χ0n) is 8.87. The van der Waals surface area contributed by atoms with Crippen molar-refractivity contribution in [3.63, 3.8) is 0 Å². The van der Waals surface area contributed by atoms with Gasteiger partial charge in [0.2, 0.25) is 0 Å². The van der Waals surface area contributed by atoms with Gasteiger partial charge in [-0.25, -0.2) is 0 Å². The SMILES string of the molecule is CC(N)Cc1cc(Cl)c(Cl)c2ccncc12. The van der Waals surface area contributed by atoms with Crippen LogP contribution in [0.5, 0.6) is 0 Å². The van der Waals surface area contributed by atoms with Gasteiger partial charge in [0.25, 0.3) is 0 Å². The molecule has 84 valence electrons. The molecule has 0 aliphatic rings. The van der Waals surface area contributed by atoms with Crippen LogP contribution in [0.4, 0.5) is 0 Å². The van der Waals surface area contributed by atoms with Crippen LogP contribution >= 0.6 is 23.2 Å². The molecule has 0 bridgehead atoms. The van der Waals surface area contributed by atoms with E-state index in [-0.39, 0.29) is 6.04 Å². The standard InChI is InChI=1S/C12H12Cl2N2/c1-7(15)4-8-5-11(13)12(14)9-2-3-16-6-10(8)9/h2-3,5-7H,4,15H2,1H3. The largest absolute Gasteiger partial charge is 0.328 e. The Bertz CT molecular complexity index is 524. The third-order valence-electron chi connectivity index (χ3n) is 2.46. The van der Waals surface area contributed by atoms with E-state index in [2.05, 4.69) is 4.98 Å². The summed E-state index contributed by atoms with van der Waals surface area (Å²) < 4.78 is 0. The zero-order valence-corrected chi connectivity index (χ0v) is 10.4. The van der Waals surface area contributed by atoms with E-state index in [9.17, 15) is 0 Å². The third kappa shape index (κ3) is 2.14. The molecule has 2 rings (SSSR count). The van der Waals surface area contributed by atoms with Gasteiger partial charge in [-0.2, -0.15) is 0 Å². The lowest BCUT2D eigenvalue weighted by atomic mass is 10.0. The summed E-state index contributed by atoms with van der Waals surface area (Å²) in [6, 6.07) is 3.83. The highest BCUT2D eigenvalue weighted by Gasteiger charge is 2.10. The topological polar surface area (TPSA) is 38.9 Å². The second-order valence-electron chi connectivity index (χ2n) is 3.93. The monoisotopic (exact) mass is 254 g/mol. The van der Waals surface area contributed by atoms with Gasteiger partial charge in [-0.3, -0.25) is 4.98 Å². The minimum absolute atomic E-state index is 0.0839. The molecular weight excluding hydrogens is 243 g/mol. The Morgan fingerprint density at radius 3 is 2.81 bits per heavy atom. The van der Waals surface area contributed by atoms with Crippen LogP contribution in [0, 0.1) is 0 Å². The van der Waals surface area contributed by atoms with Gasteiger partial charge in [0.15, 0.2) is 0 Å². The summed E-state index contributed by atoms with van der Waals surface area (Å²) in [6.07, 6.45) is 4.27. The molecule has 0 fully saturated rings. The summed E-state index contributed by atoms with van der Waals surface area (Å²) in [5.41, 5.74) is 6.90. The quantitative estimate of drug-likeness (QED) is 0.892. The summed E-state index contributed by atoms with van der Waals surface area (Å²) in [5, 5.41) is 3.09. The Hall–Kier alpha value is -0.830. The molecule has 2 aromatic rings. The summed E-state index contributed by atoms with van der Waals surface area (Å²) >= 11 is 12.2. The van der Waals surface area contributed by atoms with Gasteiger partial charge in [0, 0.05) is 29.2 Å². The first-order chi connectivity index (χ1) is 7.59. The van der Waals surface area contributed by atoms with Crippen LogP contribution < -0.4 is 5.73 Å². The molecule has 16 heavy (non-hydrogen) atoms. The normalized spacial score (nSPS) is 13.0. The molecule has 1 atom stereocenters. The zero-order chi connectivity index (χ0) is 11.7.